The third kappa shape index (κ3) is 4.86. The van der Waals surface area contributed by atoms with E-state index in [1.807, 2.05) is 36.4 Å². The Bertz CT molecular complexity index is 491. The third-order valence-corrected chi connectivity index (χ3v) is 4.55. The van der Waals surface area contributed by atoms with Gasteiger partial charge in [0, 0.05) is 20.0 Å². The van der Waals surface area contributed by atoms with Gasteiger partial charge in [-0.05, 0) is 18.4 Å². The van der Waals surface area contributed by atoms with E-state index in [1.54, 1.807) is 7.05 Å². The highest BCUT2D eigenvalue weighted by Crippen LogP contribution is 2.09. The maximum absolute atomic E-state index is 11.9. The summed E-state index contributed by atoms with van der Waals surface area (Å²) in [4.78, 5) is 0. The minimum atomic E-state index is -3.22. The number of hydrogen-bond donors (Lipinski definition) is 0. The van der Waals surface area contributed by atoms with E-state index in [2.05, 4.69) is 0 Å². The van der Waals surface area contributed by atoms with Gasteiger partial charge in [0.25, 0.3) is 0 Å². The smallest absolute Gasteiger partial charge is 0.212 e. The van der Waals surface area contributed by atoms with E-state index in [4.69, 9.17) is 5.26 Å². The molecule has 0 radical (unpaired) electrons. The molecule has 4 nitrogen and oxygen atoms in total. The van der Waals surface area contributed by atoms with Crippen LogP contribution in [0.3, 0.4) is 0 Å². The molecule has 98 valence electrons. The average molecular weight is 266 g/mol. The predicted molar refractivity (Wildman–Crippen MR) is 71.2 cm³/mol. The van der Waals surface area contributed by atoms with Crippen molar-refractivity contribution in [3.63, 3.8) is 0 Å². The summed E-state index contributed by atoms with van der Waals surface area (Å²) in [5.74, 6) is 0.109. The monoisotopic (exact) mass is 266 g/mol. The minimum absolute atomic E-state index is 0.109. The van der Waals surface area contributed by atoms with Gasteiger partial charge >= 0.3 is 0 Å². The molecule has 1 aromatic carbocycles. The standard InChI is InChI=1S/C13H18N2O2S/c1-15(12-13-8-4-2-5-9-13)18(16,17)11-7-3-6-10-14/h2,4-5,8-9H,3,6-7,11-12H2,1H3. The van der Waals surface area contributed by atoms with Crippen LogP contribution in [0.25, 0.3) is 0 Å². The van der Waals surface area contributed by atoms with Crippen molar-refractivity contribution < 1.29 is 8.42 Å². The Morgan fingerprint density at radius 1 is 1.22 bits per heavy atom. The second-order valence-corrected chi connectivity index (χ2v) is 6.37. The van der Waals surface area contributed by atoms with E-state index in [0.717, 1.165) is 5.56 Å². The first-order valence-electron chi connectivity index (χ1n) is 5.91. The highest BCUT2D eigenvalue weighted by molar-refractivity contribution is 7.89. The number of hydrogen-bond acceptors (Lipinski definition) is 3. The molecule has 0 saturated carbocycles. The topological polar surface area (TPSA) is 61.2 Å². The number of benzene rings is 1. The molecule has 0 saturated heterocycles. The van der Waals surface area contributed by atoms with Crippen molar-refractivity contribution in [2.24, 2.45) is 0 Å². The van der Waals surface area contributed by atoms with Crippen molar-refractivity contribution in [2.45, 2.75) is 25.8 Å². The molecule has 0 unspecified atom stereocenters. The van der Waals surface area contributed by atoms with Crippen molar-refractivity contribution in [3.05, 3.63) is 35.9 Å². The van der Waals surface area contributed by atoms with Gasteiger partial charge in [0.2, 0.25) is 10.0 Å². The van der Waals surface area contributed by atoms with Crippen LogP contribution in [0.4, 0.5) is 0 Å². The molecular formula is C13H18N2O2S. The number of sulfonamides is 1. The Hall–Kier alpha value is -1.38. The van der Waals surface area contributed by atoms with Crippen LogP contribution in [0.15, 0.2) is 30.3 Å². The largest absolute Gasteiger partial charge is 0.214 e. The molecule has 5 heteroatoms. The molecule has 0 aliphatic carbocycles. The highest BCUT2D eigenvalue weighted by Gasteiger charge is 2.17. The molecule has 18 heavy (non-hydrogen) atoms. The molecule has 0 aromatic heterocycles. The van der Waals surface area contributed by atoms with Crippen LogP contribution < -0.4 is 0 Å². The molecule has 0 N–H and O–H groups in total. The summed E-state index contributed by atoms with van der Waals surface area (Å²) in [5, 5.41) is 8.39. The van der Waals surface area contributed by atoms with Crippen LogP contribution in [0.1, 0.15) is 24.8 Å². The lowest BCUT2D eigenvalue weighted by molar-refractivity contribution is 0.464. The molecule has 0 fully saturated rings. The average Bonchev–Trinajstić information content (AvgIpc) is 2.36. The Kier molecular flexibility index (Phi) is 5.83. The van der Waals surface area contributed by atoms with E-state index in [9.17, 15) is 8.42 Å². The fraction of sp³-hybridized carbons (Fsp3) is 0.462. The number of nitrogens with zero attached hydrogens (tertiary/aromatic N) is 2. The van der Waals surface area contributed by atoms with Crippen LogP contribution in [-0.4, -0.2) is 25.5 Å². The second kappa shape index (κ2) is 7.14. The Morgan fingerprint density at radius 3 is 2.50 bits per heavy atom. The van der Waals surface area contributed by atoms with Crippen molar-refractivity contribution in [1.82, 2.24) is 4.31 Å². The Labute approximate surface area is 109 Å². The van der Waals surface area contributed by atoms with Crippen LogP contribution in [-0.2, 0) is 16.6 Å². The molecule has 0 amide bonds. The summed E-state index contributed by atoms with van der Waals surface area (Å²) >= 11 is 0. The Morgan fingerprint density at radius 2 is 1.89 bits per heavy atom. The molecule has 0 spiro atoms. The van der Waals surface area contributed by atoms with Crippen molar-refractivity contribution >= 4 is 10.0 Å². The molecule has 0 heterocycles. The quantitative estimate of drug-likeness (QED) is 0.710. The van der Waals surface area contributed by atoms with Gasteiger partial charge in [0.15, 0.2) is 0 Å². The van der Waals surface area contributed by atoms with Gasteiger partial charge in [-0.1, -0.05) is 30.3 Å². The van der Waals surface area contributed by atoms with Gasteiger partial charge in [-0.2, -0.15) is 5.26 Å². The lowest BCUT2D eigenvalue weighted by Gasteiger charge is -2.17. The fourth-order valence-corrected chi connectivity index (χ4v) is 2.81. The van der Waals surface area contributed by atoms with E-state index < -0.39 is 10.0 Å². The molecule has 1 aromatic rings. The molecular weight excluding hydrogens is 248 g/mol. The van der Waals surface area contributed by atoms with Crippen LogP contribution >= 0.6 is 0 Å². The zero-order valence-corrected chi connectivity index (χ0v) is 11.4. The molecule has 0 aliphatic rings. The first-order chi connectivity index (χ1) is 8.56. The lowest BCUT2D eigenvalue weighted by Crippen LogP contribution is -2.28. The third-order valence-electron chi connectivity index (χ3n) is 2.66. The molecule has 1 rings (SSSR count). The number of unbranched alkanes of at least 4 members (excludes halogenated alkanes) is 2. The summed E-state index contributed by atoms with van der Waals surface area (Å²) in [5.41, 5.74) is 0.973. The second-order valence-electron chi connectivity index (χ2n) is 4.17. The molecule has 0 atom stereocenters. The highest BCUT2D eigenvalue weighted by atomic mass is 32.2. The Balaban J connectivity index is 2.50. The van der Waals surface area contributed by atoms with Crippen molar-refractivity contribution in [2.75, 3.05) is 12.8 Å². The van der Waals surface area contributed by atoms with E-state index in [-0.39, 0.29) is 5.75 Å². The minimum Gasteiger partial charge on any atom is -0.212 e. The van der Waals surface area contributed by atoms with Crippen molar-refractivity contribution in [1.29, 1.82) is 5.26 Å². The SMILES string of the molecule is CN(Cc1ccccc1)S(=O)(=O)CCCCC#N. The number of nitriles is 1. The maximum atomic E-state index is 11.9. The summed E-state index contributed by atoms with van der Waals surface area (Å²) in [6.07, 6.45) is 1.59. The van der Waals surface area contributed by atoms with Gasteiger partial charge in [-0.3, -0.25) is 0 Å². The molecule has 0 bridgehead atoms. The fourth-order valence-electron chi connectivity index (χ4n) is 1.58. The van der Waals surface area contributed by atoms with Crippen LogP contribution in [0.2, 0.25) is 0 Å². The zero-order valence-electron chi connectivity index (χ0n) is 10.5. The van der Waals surface area contributed by atoms with Gasteiger partial charge in [-0.15, -0.1) is 0 Å². The van der Waals surface area contributed by atoms with Crippen molar-refractivity contribution in [3.8, 4) is 6.07 Å². The first-order valence-corrected chi connectivity index (χ1v) is 7.52. The zero-order chi connectivity index (χ0) is 13.4. The van der Waals surface area contributed by atoms with E-state index in [0.29, 0.717) is 25.8 Å². The summed E-state index contributed by atoms with van der Waals surface area (Å²) in [7, 11) is -1.63. The number of rotatable bonds is 7. The maximum Gasteiger partial charge on any atom is 0.214 e. The van der Waals surface area contributed by atoms with Gasteiger partial charge in [-0.25, -0.2) is 12.7 Å². The van der Waals surface area contributed by atoms with Gasteiger partial charge < -0.3 is 0 Å². The van der Waals surface area contributed by atoms with Gasteiger partial charge in [0.1, 0.15) is 0 Å². The summed E-state index contributed by atoms with van der Waals surface area (Å²) in [6, 6.07) is 11.5. The lowest BCUT2D eigenvalue weighted by atomic mass is 10.2. The van der Waals surface area contributed by atoms with Crippen LogP contribution in [0.5, 0.6) is 0 Å². The predicted octanol–water partition coefficient (Wildman–Crippen LogP) is 2.14. The van der Waals surface area contributed by atoms with E-state index in [1.165, 1.54) is 4.31 Å². The first kappa shape index (κ1) is 14.7. The summed E-state index contributed by atoms with van der Waals surface area (Å²) in [6.45, 7) is 0.390. The molecule has 0 aliphatic heterocycles. The van der Waals surface area contributed by atoms with Gasteiger partial charge in [0.05, 0.1) is 11.8 Å². The van der Waals surface area contributed by atoms with Crippen LogP contribution in [0, 0.1) is 11.3 Å². The summed E-state index contributed by atoms with van der Waals surface area (Å²) < 4.78 is 25.3. The normalized spacial score (nSPS) is 11.4. The van der Waals surface area contributed by atoms with E-state index >= 15 is 0 Å².